The number of halogens is 2. The SMILES string of the molecule is CN(C)C(C)(CC(=O)O)c1ccc(F)c(Cl)c1. The second-order valence-electron chi connectivity index (χ2n) is 4.37. The lowest BCUT2D eigenvalue weighted by Crippen LogP contribution is -2.40. The third-order valence-corrected chi connectivity index (χ3v) is 3.31. The van der Waals surface area contributed by atoms with Crippen molar-refractivity contribution in [3.05, 3.63) is 34.6 Å². The van der Waals surface area contributed by atoms with Gasteiger partial charge in [0.2, 0.25) is 0 Å². The molecule has 0 aromatic heterocycles. The van der Waals surface area contributed by atoms with Crippen molar-refractivity contribution in [1.82, 2.24) is 4.90 Å². The molecule has 0 saturated heterocycles. The molecule has 0 aliphatic rings. The van der Waals surface area contributed by atoms with E-state index in [0.29, 0.717) is 5.56 Å². The molecule has 0 heterocycles. The summed E-state index contributed by atoms with van der Waals surface area (Å²) in [5.74, 6) is -1.42. The van der Waals surface area contributed by atoms with E-state index in [2.05, 4.69) is 0 Å². The number of rotatable bonds is 4. The third-order valence-electron chi connectivity index (χ3n) is 3.02. The van der Waals surface area contributed by atoms with E-state index in [4.69, 9.17) is 16.7 Å². The Kier molecular flexibility index (Phi) is 4.11. The van der Waals surface area contributed by atoms with Gasteiger partial charge in [0.25, 0.3) is 0 Å². The zero-order valence-corrected chi connectivity index (χ0v) is 10.8. The monoisotopic (exact) mass is 259 g/mol. The number of hydrogen-bond donors (Lipinski definition) is 1. The highest BCUT2D eigenvalue weighted by Crippen LogP contribution is 2.32. The van der Waals surface area contributed by atoms with Crippen molar-refractivity contribution in [2.24, 2.45) is 0 Å². The first-order valence-electron chi connectivity index (χ1n) is 5.12. The van der Waals surface area contributed by atoms with Crippen molar-refractivity contribution in [2.75, 3.05) is 14.1 Å². The molecule has 0 bridgehead atoms. The van der Waals surface area contributed by atoms with Gasteiger partial charge in [-0.3, -0.25) is 9.69 Å². The second-order valence-corrected chi connectivity index (χ2v) is 4.77. The van der Waals surface area contributed by atoms with E-state index in [1.807, 2.05) is 0 Å². The topological polar surface area (TPSA) is 40.5 Å². The number of carboxylic acid groups (broad SMARTS) is 1. The molecule has 1 aromatic carbocycles. The molecule has 1 aromatic rings. The van der Waals surface area contributed by atoms with Crippen LogP contribution in [-0.4, -0.2) is 30.1 Å². The first-order chi connectivity index (χ1) is 7.77. The molecular formula is C12H15ClFNO2. The molecule has 0 aliphatic carbocycles. The van der Waals surface area contributed by atoms with Crippen LogP contribution in [0.15, 0.2) is 18.2 Å². The van der Waals surface area contributed by atoms with Crippen molar-refractivity contribution < 1.29 is 14.3 Å². The van der Waals surface area contributed by atoms with E-state index < -0.39 is 17.3 Å². The highest BCUT2D eigenvalue weighted by molar-refractivity contribution is 6.30. The van der Waals surface area contributed by atoms with Crippen LogP contribution in [-0.2, 0) is 10.3 Å². The van der Waals surface area contributed by atoms with E-state index in [1.54, 1.807) is 32.0 Å². The molecule has 0 aliphatic heterocycles. The Labute approximate surface area is 105 Å². The Bertz CT molecular complexity index is 437. The van der Waals surface area contributed by atoms with Gasteiger partial charge in [-0.15, -0.1) is 0 Å². The minimum Gasteiger partial charge on any atom is -0.481 e. The zero-order chi connectivity index (χ0) is 13.2. The number of aliphatic carboxylic acids is 1. The largest absolute Gasteiger partial charge is 0.481 e. The maximum absolute atomic E-state index is 13.1. The van der Waals surface area contributed by atoms with Crippen LogP contribution in [0.25, 0.3) is 0 Å². The molecule has 0 fully saturated rings. The first kappa shape index (κ1) is 13.9. The Hall–Kier alpha value is -1.13. The van der Waals surface area contributed by atoms with Crippen LogP contribution in [0.4, 0.5) is 4.39 Å². The summed E-state index contributed by atoms with van der Waals surface area (Å²) in [6.45, 7) is 1.78. The fourth-order valence-electron chi connectivity index (χ4n) is 1.64. The minimum atomic E-state index is -0.915. The van der Waals surface area contributed by atoms with Crippen molar-refractivity contribution in [2.45, 2.75) is 18.9 Å². The van der Waals surface area contributed by atoms with E-state index >= 15 is 0 Å². The average Bonchev–Trinajstić information content (AvgIpc) is 2.20. The number of benzene rings is 1. The van der Waals surface area contributed by atoms with Crippen LogP contribution in [0.2, 0.25) is 5.02 Å². The Morgan fingerprint density at radius 3 is 2.53 bits per heavy atom. The van der Waals surface area contributed by atoms with Gasteiger partial charge in [-0.2, -0.15) is 0 Å². The number of carbonyl (C=O) groups is 1. The van der Waals surface area contributed by atoms with Gasteiger partial charge in [-0.25, -0.2) is 4.39 Å². The lowest BCUT2D eigenvalue weighted by molar-refractivity contribution is -0.140. The van der Waals surface area contributed by atoms with Gasteiger partial charge in [0.15, 0.2) is 0 Å². The molecule has 5 heteroatoms. The van der Waals surface area contributed by atoms with Crippen LogP contribution in [0.5, 0.6) is 0 Å². The summed E-state index contributed by atoms with van der Waals surface area (Å²) >= 11 is 5.72. The number of carboxylic acids is 1. The van der Waals surface area contributed by atoms with Crippen molar-refractivity contribution in [1.29, 1.82) is 0 Å². The summed E-state index contributed by atoms with van der Waals surface area (Å²) in [7, 11) is 3.56. The van der Waals surface area contributed by atoms with Gasteiger partial charge in [0, 0.05) is 0 Å². The second kappa shape index (κ2) is 5.02. The summed E-state index contributed by atoms with van der Waals surface area (Å²) < 4.78 is 13.1. The van der Waals surface area contributed by atoms with E-state index in [1.165, 1.54) is 12.1 Å². The molecule has 0 saturated carbocycles. The van der Waals surface area contributed by atoms with Crippen LogP contribution in [0.3, 0.4) is 0 Å². The lowest BCUT2D eigenvalue weighted by atomic mass is 9.87. The molecule has 1 unspecified atom stereocenters. The van der Waals surface area contributed by atoms with E-state index in [0.717, 1.165) is 0 Å². The Balaban J connectivity index is 3.22. The zero-order valence-electron chi connectivity index (χ0n) is 10.00. The van der Waals surface area contributed by atoms with Crippen LogP contribution >= 0.6 is 11.6 Å². The smallest absolute Gasteiger partial charge is 0.305 e. The molecule has 0 radical (unpaired) electrons. The predicted molar refractivity (Wildman–Crippen MR) is 64.7 cm³/mol. The summed E-state index contributed by atoms with van der Waals surface area (Å²) in [6.07, 6.45) is -0.0814. The maximum Gasteiger partial charge on any atom is 0.305 e. The van der Waals surface area contributed by atoms with Gasteiger partial charge < -0.3 is 5.11 Å². The fourth-order valence-corrected chi connectivity index (χ4v) is 1.82. The summed E-state index contributed by atoms with van der Waals surface area (Å²) in [5, 5.41) is 8.95. The average molecular weight is 260 g/mol. The molecule has 1 atom stereocenters. The summed E-state index contributed by atoms with van der Waals surface area (Å²) in [4.78, 5) is 12.7. The van der Waals surface area contributed by atoms with Crippen molar-refractivity contribution >= 4 is 17.6 Å². The first-order valence-corrected chi connectivity index (χ1v) is 5.50. The summed E-state index contributed by atoms with van der Waals surface area (Å²) in [5.41, 5.74) is -0.0419. The molecule has 94 valence electrons. The molecule has 17 heavy (non-hydrogen) atoms. The highest BCUT2D eigenvalue weighted by Gasteiger charge is 2.32. The molecule has 1 N–H and O–H groups in total. The van der Waals surface area contributed by atoms with Crippen molar-refractivity contribution in [3.63, 3.8) is 0 Å². The minimum absolute atomic E-state index is 0.000892. The third kappa shape index (κ3) is 2.96. The van der Waals surface area contributed by atoms with Crippen LogP contribution < -0.4 is 0 Å². The quantitative estimate of drug-likeness (QED) is 0.904. The Morgan fingerprint density at radius 2 is 2.12 bits per heavy atom. The lowest BCUT2D eigenvalue weighted by Gasteiger charge is -2.35. The highest BCUT2D eigenvalue weighted by atomic mass is 35.5. The van der Waals surface area contributed by atoms with Crippen molar-refractivity contribution in [3.8, 4) is 0 Å². The van der Waals surface area contributed by atoms with Gasteiger partial charge in [0.05, 0.1) is 17.0 Å². The van der Waals surface area contributed by atoms with Crippen LogP contribution in [0, 0.1) is 5.82 Å². The van der Waals surface area contributed by atoms with Crippen LogP contribution in [0.1, 0.15) is 18.9 Å². The normalized spacial score (nSPS) is 14.7. The number of nitrogens with zero attached hydrogens (tertiary/aromatic N) is 1. The van der Waals surface area contributed by atoms with Gasteiger partial charge in [0.1, 0.15) is 5.82 Å². The molecule has 0 amide bonds. The Morgan fingerprint density at radius 1 is 1.53 bits per heavy atom. The van der Waals surface area contributed by atoms with Gasteiger partial charge in [-0.05, 0) is 38.7 Å². The molecule has 0 spiro atoms. The standard InChI is InChI=1S/C12H15ClFNO2/c1-12(15(2)3,7-11(16)17)8-4-5-10(14)9(13)6-8/h4-6H,7H2,1-3H3,(H,16,17). The van der Waals surface area contributed by atoms with E-state index in [9.17, 15) is 9.18 Å². The molecule has 1 rings (SSSR count). The maximum atomic E-state index is 13.1. The fraction of sp³-hybridized carbons (Fsp3) is 0.417. The molecular weight excluding hydrogens is 245 g/mol. The predicted octanol–water partition coefficient (Wildman–Crippen LogP) is 2.73. The van der Waals surface area contributed by atoms with Gasteiger partial charge >= 0.3 is 5.97 Å². The number of hydrogen-bond acceptors (Lipinski definition) is 2. The van der Waals surface area contributed by atoms with Gasteiger partial charge in [-0.1, -0.05) is 17.7 Å². The summed E-state index contributed by atoms with van der Waals surface area (Å²) in [6, 6.07) is 4.28. The van der Waals surface area contributed by atoms with E-state index in [-0.39, 0.29) is 11.4 Å². The molecule has 3 nitrogen and oxygen atoms in total.